The first-order valence-electron chi connectivity index (χ1n) is 19.1. The highest BCUT2D eigenvalue weighted by atomic mass is 32.1. The van der Waals surface area contributed by atoms with Gasteiger partial charge in [-0.2, -0.15) is 0 Å². The van der Waals surface area contributed by atoms with E-state index < -0.39 is 5.41 Å². The van der Waals surface area contributed by atoms with Gasteiger partial charge in [-0.3, -0.25) is 0 Å². The Labute approximate surface area is 330 Å². The van der Waals surface area contributed by atoms with Crippen LogP contribution in [0, 0.1) is 0 Å². The van der Waals surface area contributed by atoms with Crippen LogP contribution in [0.1, 0.15) is 22.3 Å². The molecule has 10 aromatic rings. The third-order valence-corrected chi connectivity index (χ3v) is 12.6. The minimum absolute atomic E-state index is 0.517. The molecule has 2 heterocycles. The summed E-state index contributed by atoms with van der Waals surface area (Å²) in [5.41, 5.74) is 15.6. The Kier molecular flexibility index (Phi) is 7.61. The highest BCUT2D eigenvalue weighted by molar-refractivity contribution is 7.26. The fraction of sp³-hybridized carbons (Fsp3) is 0.0189. The van der Waals surface area contributed by atoms with E-state index in [0.717, 1.165) is 49.4 Å². The van der Waals surface area contributed by atoms with Crippen LogP contribution >= 0.6 is 11.3 Å². The molecule has 1 aliphatic rings. The highest BCUT2D eigenvalue weighted by Crippen LogP contribution is 2.58. The molecule has 0 amide bonds. The largest absolute Gasteiger partial charge is 0.226 e. The van der Waals surface area contributed by atoms with E-state index in [4.69, 9.17) is 9.97 Å². The molecular weight excluding hydrogens is 697 g/mol. The van der Waals surface area contributed by atoms with Gasteiger partial charge in [0.25, 0.3) is 0 Å². The number of benzene rings is 8. The lowest BCUT2D eigenvalue weighted by Crippen LogP contribution is -2.28. The molecule has 0 saturated carbocycles. The lowest BCUT2D eigenvalue weighted by atomic mass is 9.67. The zero-order chi connectivity index (χ0) is 37.1. The zero-order valence-corrected chi connectivity index (χ0v) is 31.2. The van der Waals surface area contributed by atoms with Crippen LogP contribution in [-0.2, 0) is 5.41 Å². The van der Waals surface area contributed by atoms with Gasteiger partial charge in [0.15, 0.2) is 5.82 Å². The van der Waals surface area contributed by atoms with Crippen molar-refractivity contribution >= 4 is 31.6 Å². The zero-order valence-electron chi connectivity index (χ0n) is 30.4. The van der Waals surface area contributed by atoms with Crippen molar-refractivity contribution in [1.29, 1.82) is 0 Å². The summed E-state index contributed by atoms with van der Waals surface area (Å²) >= 11 is 1.77. The van der Waals surface area contributed by atoms with Crippen molar-refractivity contribution in [2.75, 3.05) is 0 Å². The Morgan fingerprint density at radius 3 is 1.62 bits per heavy atom. The monoisotopic (exact) mass is 730 g/mol. The first-order valence-corrected chi connectivity index (χ1v) is 19.9. The number of hydrogen-bond acceptors (Lipinski definition) is 3. The van der Waals surface area contributed by atoms with Gasteiger partial charge in [0.2, 0.25) is 0 Å². The normalized spacial score (nSPS) is 12.8. The Balaban J connectivity index is 1.22. The van der Waals surface area contributed by atoms with Crippen LogP contribution in [0.4, 0.5) is 0 Å². The average molecular weight is 731 g/mol. The molecule has 0 spiro atoms. The Bertz CT molecular complexity index is 3000. The van der Waals surface area contributed by atoms with Gasteiger partial charge in [0, 0.05) is 21.2 Å². The standard InChI is InChI=1S/C53H34N2S/c1-5-17-35(18-6-1)36-29-31-38(32-30-36)49-51-50(42-26-14-16-28-48(42)56-51)55-52(54-49)45-33-44-41-25-13-15-27-46(41)53(39-21-9-3-10-22-39,40-23-11-4-12-24-40)47(44)34-43(45)37-19-7-2-8-20-37/h1-34H. The van der Waals surface area contributed by atoms with Gasteiger partial charge in [0.1, 0.15) is 0 Å². The van der Waals surface area contributed by atoms with Gasteiger partial charge >= 0.3 is 0 Å². The maximum atomic E-state index is 5.56. The Hall–Kier alpha value is -6.94. The van der Waals surface area contributed by atoms with E-state index in [2.05, 4.69) is 206 Å². The van der Waals surface area contributed by atoms with Crippen molar-refractivity contribution in [2.45, 2.75) is 5.41 Å². The lowest BCUT2D eigenvalue weighted by molar-refractivity contribution is 0.769. The van der Waals surface area contributed by atoms with Gasteiger partial charge in [0.05, 0.1) is 21.3 Å². The van der Waals surface area contributed by atoms with E-state index in [-0.39, 0.29) is 0 Å². The van der Waals surface area contributed by atoms with Gasteiger partial charge in [-0.1, -0.05) is 188 Å². The van der Waals surface area contributed by atoms with Crippen LogP contribution in [0.3, 0.4) is 0 Å². The van der Waals surface area contributed by atoms with Gasteiger partial charge in [-0.05, 0) is 73.8 Å². The summed E-state index contributed by atoms with van der Waals surface area (Å²) in [6.07, 6.45) is 0. The lowest BCUT2D eigenvalue weighted by Gasteiger charge is -2.34. The summed E-state index contributed by atoms with van der Waals surface area (Å²) in [4.78, 5) is 11.1. The van der Waals surface area contributed by atoms with Crippen molar-refractivity contribution in [2.24, 2.45) is 0 Å². The Morgan fingerprint density at radius 2 is 0.929 bits per heavy atom. The first kappa shape index (κ1) is 32.5. The second kappa shape index (κ2) is 13.1. The number of aromatic nitrogens is 2. The molecule has 1 aliphatic carbocycles. The molecule has 0 unspecified atom stereocenters. The summed E-state index contributed by atoms with van der Waals surface area (Å²) in [5, 5.41) is 1.15. The third kappa shape index (κ3) is 5.02. The molecule has 0 aliphatic heterocycles. The van der Waals surface area contributed by atoms with Crippen LogP contribution in [0.15, 0.2) is 206 Å². The summed E-state index contributed by atoms with van der Waals surface area (Å²) < 4.78 is 2.31. The summed E-state index contributed by atoms with van der Waals surface area (Å²) in [7, 11) is 0. The molecule has 0 bridgehead atoms. The maximum Gasteiger partial charge on any atom is 0.161 e. The van der Waals surface area contributed by atoms with Crippen LogP contribution in [0.25, 0.3) is 76.3 Å². The van der Waals surface area contributed by atoms with E-state index in [1.54, 1.807) is 11.3 Å². The van der Waals surface area contributed by atoms with E-state index in [0.29, 0.717) is 0 Å². The molecule has 0 atom stereocenters. The van der Waals surface area contributed by atoms with Crippen molar-refractivity contribution in [3.8, 4) is 56.0 Å². The van der Waals surface area contributed by atoms with E-state index in [1.807, 2.05) is 0 Å². The van der Waals surface area contributed by atoms with Gasteiger partial charge < -0.3 is 0 Å². The molecule has 3 heteroatoms. The van der Waals surface area contributed by atoms with Crippen molar-refractivity contribution in [1.82, 2.24) is 9.97 Å². The molecule has 2 nitrogen and oxygen atoms in total. The van der Waals surface area contributed by atoms with Crippen LogP contribution < -0.4 is 0 Å². The molecule has 8 aromatic carbocycles. The number of nitrogens with zero attached hydrogens (tertiary/aromatic N) is 2. The van der Waals surface area contributed by atoms with Gasteiger partial charge in [-0.15, -0.1) is 11.3 Å². The topological polar surface area (TPSA) is 25.8 Å². The number of fused-ring (bicyclic) bond motifs is 6. The van der Waals surface area contributed by atoms with Crippen molar-refractivity contribution in [3.63, 3.8) is 0 Å². The summed E-state index contributed by atoms with van der Waals surface area (Å²) in [6, 6.07) is 74.5. The van der Waals surface area contributed by atoms with E-state index in [1.165, 1.54) is 49.2 Å². The van der Waals surface area contributed by atoms with Gasteiger partial charge in [-0.25, -0.2) is 9.97 Å². The summed E-state index contributed by atoms with van der Waals surface area (Å²) in [5.74, 6) is 0.722. The predicted octanol–water partition coefficient (Wildman–Crippen LogP) is 13.9. The highest BCUT2D eigenvalue weighted by Gasteiger charge is 2.46. The molecule has 0 radical (unpaired) electrons. The maximum absolute atomic E-state index is 5.56. The first-order chi connectivity index (χ1) is 27.8. The fourth-order valence-corrected chi connectivity index (χ4v) is 10.0. The number of rotatable bonds is 6. The molecule has 56 heavy (non-hydrogen) atoms. The predicted molar refractivity (Wildman–Crippen MR) is 234 cm³/mol. The van der Waals surface area contributed by atoms with E-state index in [9.17, 15) is 0 Å². The average Bonchev–Trinajstić information content (AvgIpc) is 3.80. The summed E-state index contributed by atoms with van der Waals surface area (Å²) in [6.45, 7) is 0. The number of thiophene rings is 1. The molecule has 0 fully saturated rings. The number of hydrogen-bond donors (Lipinski definition) is 0. The third-order valence-electron chi connectivity index (χ3n) is 11.4. The van der Waals surface area contributed by atoms with E-state index >= 15 is 0 Å². The van der Waals surface area contributed by atoms with Crippen molar-refractivity contribution in [3.05, 3.63) is 229 Å². The second-order valence-electron chi connectivity index (χ2n) is 14.5. The quantitative estimate of drug-likeness (QED) is 0.170. The SMILES string of the molecule is c1ccc(-c2ccc(-c3nc(-c4cc5c(cc4-c4ccccc4)C(c4ccccc4)(c4ccccc4)c4ccccc4-5)nc4c3sc3ccccc34)cc2)cc1. The molecule has 0 saturated heterocycles. The smallest absolute Gasteiger partial charge is 0.161 e. The second-order valence-corrected chi connectivity index (χ2v) is 15.5. The van der Waals surface area contributed by atoms with Crippen LogP contribution in [0.5, 0.6) is 0 Å². The molecule has 0 N–H and O–H groups in total. The minimum atomic E-state index is -0.517. The van der Waals surface area contributed by atoms with Crippen LogP contribution in [0.2, 0.25) is 0 Å². The molecular formula is C53H34N2S. The molecule has 11 rings (SSSR count). The molecule has 2 aromatic heterocycles. The van der Waals surface area contributed by atoms with Crippen molar-refractivity contribution < 1.29 is 0 Å². The molecule has 262 valence electrons. The van der Waals surface area contributed by atoms with Crippen LogP contribution in [-0.4, -0.2) is 9.97 Å². The fourth-order valence-electron chi connectivity index (χ4n) is 8.89. The minimum Gasteiger partial charge on any atom is -0.226 e. The Morgan fingerprint density at radius 1 is 0.375 bits per heavy atom.